The van der Waals surface area contributed by atoms with E-state index in [1.54, 1.807) is 24.3 Å². The normalized spacial score (nSPS) is 19.7. The van der Waals surface area contributed by atoms with Crippen molar-refractivity contribution in [2.24, 2.45) is 4.99 Å². The third kappa shape index (κ3) is 3.26. The lowest BCUT2D eigenvalue weighted by Gasteiger charge is -2.36. The molecule has 0 aliphatic carbocycles. The molecule has 0 atom stereocenters. The predicted molar refractivity (Wildman–Crippen MR) is 103 cm³/mol. The van der Waals surface area contributed by atoms with Crippen LogP contribution in [-0.4, -0.2) is 50.2 Å². The number of hydrogen-bond acceptors (Lipinski definition) is 6. The molecule has 27 heavy (non-hydrogen) atoms. The van der Waals surface area contributed by atoms with Crippen LogP contribution < -0.4 is 10.1 Å². The van der Waals surface area contributed by atoms with Gasteiger partial charge in [-0.05, 0) is 35.7 Å². The van der Waals surface area contributed by atoms with Crippen LogP contribution in [0.1, 0.15) is 17.7 Å². The first-order chi connectivity index (χ1) is 12.9. The molecule has 0 unspecified atom stereocenters. The summed E-state index contributed by atoms with van der Waals surface area (Å²) in [6, 6.07) is 10.1. The number of benzene rings is 1. The van der Waals surface area contributed by atoms with Gasteiger partial charge in [0.2, 0.25) is 10.0 Å². The van der Waals surface area contributed by atoms with E-state index in [0.717, 1.165) is 4.88 Å². The van der Waals surface area contributed by atoms with Crippen LogP contribution in [0.3, 0.4) is 0 Å². The van der Waals surface area contributed by atoms with Gasteiger partial charge in [-0.3, -0.25) is 9.79 Å². The molecule has 142 valence electrons. The summed E-state index contributed by atoms with van der Waals surface area (Å²) in [7, 11) is -2.05. The number of carbonyl (C=O) groups is 1. The third-order valence-electron chi connectivity index (χ3n) is 4.89. The summed E-state index contributed by atoms with van der Waals surface area (Å²) < 4.78 is 32.3. The van der Waals surface area contributed by atoms with Crippen LogP contribution in [0.5, 0.6) is 5.75 Å². The molecule has 0 saturated carbocycles. The molecule has 4 rings (SSSR count). The van der Waals surface area contributed by atoms with E-state index in [1.807, 2.05) is 17.5 Å². The average Bonchev–Trinajstić information content (AvgIpc) is 3.30. The van der Waals surface area contributed by atoms with Crippen molar-refractivity contribution in [2.45, 2.75) is 23.4 Å². The molecule has 1 amide bonds. The number of nitrogens with one attached hydrogen (secondary N) is 1. The topological polar surface area (TPSA) is 88.1 Å². The van der Waals surface area contributed by atoms with Crippen LogP contribution in [0.2, 0.25) is 0 Å². The molecule has 1 N–H and O–H groups in total. The maximum absolute atomic E-state index is 12.9. The van der Waals surface area contributed by atoms with Crippen LogP contribution >= 0.6 is 11.3 Å². The van der Waals surface area contributed by atoms with Crippen LogP contribution in [0, 0.1) is 0 Å². The Kier molecular flexibility index (Phi) is 4.53. The maximum Gasteiger partial charge on any atom is 0.272 e. The van der Waals surface area contributed by atoms with E-state index < -0.39 is 15.7 Å². The Balaban J connectivity index is 1.51. The maximum atomic E-state index is 12.9. The summed E-state index contributed by atoms with van der Waals surface area (Å²) in [5, 5.41) is 4.86. The highest BCUT2D eigenvalue weighted by molar-refractivity contribution is 7.89. The summed E-state index contributed by atoms with van der Waals surface area (Å²) in [4.78, 5) is 18.0. The Labute approximate surface area is 161 Å². The summed E-state index contributed by atoms with van der Waals surface area (Å²) in [5.41, 5.74) is -0.265. The van der Waals surface area contributed by atoms with E-state index in [9.17, 15) is 13.2 Å². The zero-order valence-corrected chi connectivity index (χ0v) is 16.3. The first kappa shape index (κ1) is 18.1. The van der Waals surface area contributed by atoms with Crippen LogP contribution in [0.15, 0.2) is 51.7 Å². The monoisotopic (exact) mass is 405 g/mol. The number of rotatable bonds is 4. The summed E-state index contributed by atoms with van der Waals surface area (Å²) in [6.07, 6.45) is 0.895. The smallest absolute Gasteiger partial charge is 0.272 e. The van der Waals surface area contributed by atoms with Gasteiger partial charge < -0.3 is 10.1 Å². The van der Waals surface area contributed by atoms with Gasteiger partial charge in [0.05, 0.1) is 16.9 Å². The van der Waals surface area contributed by atoms with Crippen LogP contribution in [-0.2, 0) is 14.8 Å². The second kappa shape index (κ2) is 6.74. The molecule has 9 heteroatoms. The molecule has 1 saturated heterocycles. The van der Waals surface area contributed by atoms with E-state index >= 15 is 0 Å². The zero-order chi connectivity index (χ0) is 19.1. The van der Waals surface area contributed by atoms with Crippen molar-refractivity contribution in [3.8, 4) is 5.75 Å². The molecule has 1 aromatic heterocycles. The van der Waals surface area contributed by atoms with Crippen molar-refractivity contribution in [1.29, 1.82) is 0 Å². The van der Waals surface area contributed by atoms with E-state index in [1.165, 1.54) is 22.8 Å². The van der Waals surface area contributed by atoms with Gasteiger partial charge in [0.1, 0.15) is 17.1 Å². The molecule has 1 spiro atoms. The number of amides is 1. The van der Waals surface area contributed by atoms with Gasteiger partial charge in [-0.25, -0.2) is 8.42 Å². The lowest BCUT2D eigenvalue weighted by molar-refractivity contribution is -0.115. The summed E-state index contributed by atoms with van der Waals surface area (Å²) in [5.74, 6) is 0.416. The highest BCUT2D eigenvalue weighted by Gasteiger charge is 2.44. The Morgan fingerprint density at radius 1 is 1.19 bits per heavy atom. The predicted octanol–water partition coefficient (Wildman–Crippen LogP) is 1.86. The second-order valence-corrected chi connectivity index (χ2v) is 9.39. The molecule has 0 radical (unpaired) electrons. The third-order valence-corrected chi connectivity index (χ3v) is 7.68. The fraction of sp³-hybridized carbons (Fsp3) is 0.333. The number of methoxy groups -OCH3 is 1. The van der Waals surface area contributed by atoms with Crippen molar-refractivity contribution in [1.82, 2.24) is 9.62 Å². The molecular weight excluding hydrogens is 386 g/mol. The molecule has 1 fully saturated rings. The molecule has 3 heterocycles. The largest absolute Gasteiger partial charge is 0.497 e. The molecular formula is C18H19N3O4S2. The van der Waals surface area contributed by atoms with Gasteiger partial charge >= 0.3 is 0 Å². The number of nitrogens with zero attached hydrogens (tertiary/aromatic N) is 2. The Morgan fingerprint density at radius 3 is 2.48 bits per heavy atom. The number of aliphatic imine (C=N–C) groups is 1. The van der Waals surface area contributed by atoms with Crippen molar-refractivity contribution in [3.05, 3.63) is 46.7 Å². The Bertz CT molecular complexity index is 974. The first-order valence-corrected chi connectivity index (χ1v) is 10.9. The number of hydrogen-bond donors (Lipinski definition) is 1. The molecule has 1 aromatic carbocycles. The van der Waals surface area contributed by atoms with Crippen molar-refractivity contribution >= 4 is 33.0 Å². The average molecular weight is 406 g/mol. The lowest BCUT2D eigenvalue weighted by Crippen LogP contribution is -2.52. The van der Waals surface area contributed by atoms with Crippen molar-refractivity contribution in [2.75, 3.05) is 20.2 Å². The Morgan fingerprint density at radius 2 is 1.89 bits per heavy atom. The van der Waals surface area contributed by atoms with Gasteiger partial charge in [0.15, 0.2) is 0 Å². The highest BCUT2D eigenvalue weighted by atomic mass is 32.2. The first-order valence-electron chi connectivity index (χ1n) is 8.54. The number of thiophene rings is 1. The van der Waals surface area contributed by atoms with Crippen LogP contribution in [0.4, 0.5) is 0 Å². The number of sulfonamides is 1. The van der Waals surface area contributed by atoms with E-state index in [4.69, 9.17) is 4.74 Å². The molecule has 2 aliphatic heterocycles. The standard InChI is InChI=1S/C18H19N3O4S2/c1-25-13-4-6-14(7-5-13)27(23,24)21-10-8-18(9-11-21)19-16(17(22)20-18)15-3-2-12-26-15/h2-7,12H,8-11H2,1H3,(H,20,22). The summed E-state index contributed by atoms with van der Waals surface area (Å²) in [6.45, 7) is 0.603. The van der Waals surface area contributed by atoms with E-state index in [-0.39, 0.29) is 10.8 Å². The van der Waals surface area contributed by atoms with Crippen LogP contribution in [0.25, 0.3) is 0 Å². The quantitative estimate of drug-likeness (QED) is 0.841. The Hall–Kier alpha value is -2.23. The minimum atomic E-state index is -3.58. The van der Waals surface area contributed by atoms with Gasteiger partial charge in [0, 0.05) is 25.9 Å². The minimum absolute atomic E-state index is 0.191. The highest BCUT2D eigenvalue weighted by Crippen LogP contribution is 2.32. The molecule has 2 aliphatic rings. The summed E-state index contributed by atoms with van der Waals surface area (Å²) >= 11 is 1.47. The number of ether oxygens (including phenoxy) is 1. The van der Waals surface area contributed by atoms with Crippen molar-refractivity contribution in [3.63, 3.8) is 0 Å². The van der Waals surface area contributed by atoms with Gasteiger partial charge in [0.25, 0.3) is 5.91 Å². The SMILES string of the molecule is COc1ccc(S(=O)(=O)N2CCC3(CC2)N=C(c2cccs2)C(=O)N3)cc1. The molecule has 2 aromatic rings. The number of piperidine rings is 1. The fourth-order valence-electron chi connectivity index (χ4n) is 3.37. The second-order valence-electron chi connectivity index (χ2n) is 6.50. The van der Waals surface area contributed by atoms with Gasteiger partial charge in [-0.1, -0.05) is 6.07 Å². The zero-order valence-electron chi connectivity index (χ0n) is 14.7. The van der Waals surface area contributed by atoms with E-state index in [0.29, 0.717) is 37.4 Å². The molecule has 0 bridgehead atoms. The van der Waals surface area contributed by atoms with Gasteiger partial charge in [-0.2, -0.15) is 4.31 Å². The number of carbonyl (C=O) groups excluding carboxylic acids is 1. The minimum Gasteiger partial charge on any atom is -0.497 e. The molecule has 7 nitrogen and oxygen atoms in total. The van der Waals surface area contributed by atoms with Gasteiger partial charge in [-0.15, -0.1) is 11.3 Å². The van der Waals surface area contributed by atoms with E-state index in [2.05, 4.69) is 10.3 Å². The van der Waals surface area contributed by atoms with Crippen molar-refractivity contribution < 1.29 is 17.9 Å². The fourth-order valence-corrected chi connectivity index (χ4v) is 5.53. The lowest BCUT2D eigenvalue weighted by atomic mass is 10.00.